The van der Waals surface area contributed by atoms with Crippen LogP contribution >= 0.6 is 34.2 Å². The van der Waals surface area contributed by atoms with Gasteiger partial charge in [-0.25, -0.2) is 9.69 Å². The average molecular weight is 606 g/mol. The first-order valence-electron chi connectivity index (χ1n) is 10.1. The quantitative estimate of drug-likeness (QED) is 0.125. The minimum atomic E-state index is -0.576. The summed E-state index contributed by atoms with van der Waals surface area (Å²) in [5, 5.41) is 13.8. The number of rotatable bonds is 7. The van der Waals surface area contributed by atoms with Gasteiger partial charge in [-0.2, -0.15) is 0 Å². The number of methoxy groups -OCH3 is 1. The van der Waals surface area contributed by atoms with Gasteiger partial charge in [0.2, 0.25) is 0 Å². The number of nitrogens with zero attached hydrogens (tertiary/aromatic N) is 2. The summed E-state index contributed by atoms with van der Waals surface area (Å²) in [7, 11) is 1.49. The van der Waals surface area contributed by atoms with Gasteiger partial charge >= 0.3 is 6.03 Å². The molecule has 0 unspecified atom stereocenters. The Morgan fingerprint density at radius 1 is 1.14 bits per heavy atom. The van der Waals surface area contributed by atoms with E-state index in [9.17, 15) is 19.7 Å². The lowest BCUT2D eigenvalue weighted by Crippen LogP contribution is -2.30. The fourth-order valence-electron chi connectivity index (χ4n) is 3.38. The molecule has 9 nitrogen and oxygen atoms in total. The van der Waals surface area contributed by atoms with Crippen molar-refractivity contribution in [3.8, 4) is 11.5 Å². The Morgan fingerprint density at radius 2 is 1.89 bits per heavy atom. The number of nitro groups is 1. The van der Waals surface area contributed by atoms with Crippen molar-refractivity contribution in [3.05, 3.63) is 96.2 Å². The number of non-ortho nitro benzene ring substituents is 1. The summed E-state index contributed by atoms with van der Waals surface area (Å²) in [6, 6.07) is 15.4. The second-order valence-corrected chi connectivity index (χ2v) is 8.95. The SMILES string of the molecule is COc1cc(/C=C2/NC(=O)N(c3cccc(Cl)c3)C2=O)cc(I)c1OCc1ccc([N+](=O)[O-])cc1. The number of imide groups is 1. The average Bonchev–Trinajstić information content (AvgIpc) is 3.10. The lowest BCUT2D eigenvalue weighted by molar-refractivity contribution is -0.384. The summed E-state index contributed by atoms with van der Waals surface area (Å²) in [6.45, 7) is 0.175. The van der Waals surface area contributed by atoms with Crippen LogP contribution in [0.3, 0.4) is 0 Å². The summed E-state index contributed by atoms with van der Waals surface area (Å²) in [4.78, 5) is 36.7. The zero-order valence-corrected chi connectivity index (χ0v) is 21.1. The molecule has 1 heterocycles. The first kappa shape index (κ1) is 24.5. The summed E-state index contributed by atoms with van der Waals surface area (Å²) in [6.07, 6.45) is 1.55. The largest absolute Gasteiger partial charge is 0.493 e. The van der Waals surface area contributed by atoms with E-state index in [0.717, 1.165) is 10.5 Å². The van der Waals surface area contributed by atoms with E-state index in [1.807, 2.05) is 0 Å². The molecule has 35 heavy (non-hydrogen) atoms. The maximum Gasteiger partial charge on any atom is 0.333 e. The molecule has 3 amide bonds. The fourth-order valence-corrected chi connectivity index (χ4v) is 4.35. The van der Waals surface area contributed by atoms with Crippen molar-refractivity contribution in [2.45, 2.75) is 6.61 Å². The van der Waals surface area contributed by atoms with Crippen molar-refractivity contribution < 1.29 is 24.0 Å². The van der Waals surface area contributed by atoms with Crippen molar-refractivity contribution in [2.75, 3.05) is 12.0 Å². The van der Waals surface area contributed by atoms with Gasteiger partial charge in [0, 0.05) is 17.2 Å². The van der Waals surface area contributed by atoms with E-state index in [1.165, 1.54) is 25.3 Å². The van der Waals surface area contributed by atoms with Crippen LogP contribution in [0.15, 0.2) is 66.4 Å². The Balaban J connectivity index is 1.55. The summed E-state index contributed by atoms with van der Waals surface area (Å²) >= 11 is 8.08. The molecule has 1 aliphatic rings. The van der Waals surface area contributed by atoms with Gasteiger partial charge in [-0.15, -0.1) is 0 Å². The number of ether oxygens (including phenoxy) is 2. The minimum absolute atomic E-state index is 0.000722. The first-order chi connectivity index (χ1) is 16.8. The van der Waals surface area contributed by atoms with Gasteiger partial charge in [0.25, 0.3) is 11.6 Å². The van der Waals surface area contributed by atoms with Crippen LogP contribution in [-0.2, 0) is 11.4 Å². The molecule has 1 aliphatic heterocycles. The second kappa shape index (κ2) is 10.3. The van der Waals surface area contributed by atoms with Crippen molar-refractivity contribution >= 4 is 63.6 Å². The van der Waals surface area contributed by atoms with Crippen LogP contribution in [0.2, 0.25) is 5.02 Å². The molecule has 4 rings (SSSR count). The zero-order chi connectivity index (χ0) is 25.1. The molecule has 1 N–H and O–H groups in total. The number of nitro benzene ring substituents is 1. The molecule has 0 bridgehead atoms. The molecule has 1 fully saturated rings. The molecule has 11 heteroatoms. The molecule has 178 valence electrons. The Kier molecular flexibility index (Phi) is 7.22. The number of hydrogen-bond donors (Lipinski definition) is 1. The van der Waals surface area contributed by atoms with Crippen LogP contribution in [0.1, 0.15) is 11.1 Å². The summed E-state index contributed by atoms with van der Waals surface area (Å²) < 4.78 is 12.1. The van der Waals surface area contributed by atoms with Gasteiger partial charge in [0.1, 0.15) is 12.3 Å². The van der Waals surface area contributed by atoms with E-state index in [2.05, 4.69) is 27.9 Å². The molecule has 0 atom stereocenters. The van der Waals surface area contributed by atoms with Crippen LogP contribution < -0.4 is 19.7 Å². The molecule has 0 radical (unpaired) electrons. The first-order valence-corrected chi connectivity index (χ1v) is 11.6. The number of amides is 3. The van der Waals surface area contributed by atoms with Gasteiger partial charge in [0.05, 0.1) is 21.3 Å². The predicted octanol–water partition coefficient (Wildman–Crippen LogP) is 5.54. The van der Waals surface area contributed by atoms with Crippen molar-refractivity contribution in [1.82, 2.24) is 5.32 Å². The number of carbonyl (C=O) groups is 2. The Morgan fingerprint density at radius 3 is 2.54 bits per heavy atom. The van der Waals surface area contributed by atoms with E-state index in [0.29, 0.717) is 31.3 Å². The van der Waals surface area contributed by atoms with Crippen LogP contribution in [0.4, 0.5) is 16.2 Å². The highest BCUT2D eigenvalue weighted by Gasteiger charge is 2.35. The maximum atomic E-state index is 12.9. The van der Waals surface area contributed by atoms with Gasteiger partial charge in [-0.05, 0) is 82.3 Å². The Bertz CT molecular complexity index is 1360. The molecular formula is C24H17ClIN3O6. The topological polar surface area (TPSA) is 111 Å². The normalized spacial score (nSPS) is 14.3. The highest BCUT2D eigenvalue weighted by atomic mass is 127. The van der Waals surface area contributed by atoms with E-state index < -0.39 is 16.9 Å². The van der Waals surface area contributed by atoms with Crippen molar-refractivity contribution in [3.63, 3.8) is 0 Å². The van der Waals surface area contributed by atoms with Crippen molar-refractivity contribution in [1.29, 1.82) is 0 Å². The van der Waals surface area contributed by atoms with Crippen LogP contribution in [-0.4, -0.2) is 24.0 Å². The number of carbonyl (C=O) groups excluding carboxylic acids is 2. The lowest BCUT2D eigenvalue weighted by atomic mass is 10.1. The molecule has 0 aliphatic carbocycles. The van der Waals surface area contributed by atoms with Gasteiger partial charge in [-0.3, -0.25) is 14.9 Å². The standard InChI is InChI=1S/C24H17ClIN3O6/c1-34-21-11-15(9-19(26)22(21)35-13-14-5-7-17(8-6-14)29(32)33)10-20-23(30)28(24(31)27-20)18-4-2-3-16(25)12-18/h2-12H,13H2,1H3,(H,27,31)/b20-10+. The third-order valence-electron chi connectivity index (χ3n) is 5.04. The van der Waals surface area contributed by atoms with Crippen LogP contribution in [0.5, 0.6) is 11.5 Å². The fraction of sp³-hybridized carbons (Fsp3) is 0.0833. The predicted molar refractivity (Wildman–Crippen MR) is 139 cm³/mol. The summed E-state index contributed by atoms with van der Waals surface area (Å²) in [5.74, 6) is 0.398. The molecule has 3 aromatic carbocycles. The number of anilines is 1. The van der Waals surface area contributed by atoms with E-state index in [-0.39, 0.29) is 18.0 Å². The minimum Gasteiger partial charge on any atom is -0.493 e. The maximum absolute atomic E-state index is 12.9. The molecular weight excluding hydrogens is 589 g/mol. The highest BCUT2D eigenvalue weighted by Crippen LogP contribution is 2.35. The van der Waals surface area contributed by atoms with Gasteiger partial charge in [-0.1, -0.05) is 17.7 Å². The number of benzene rings is 3. The molecule has 3 aromatic rings. The van der Waals surface area contributed by atoms with Gasteiger partial charge < -0.3 is 14.8 Å². The van der Waals surface area contributed by atoms with Crippen molar-refractivity contribution in [2.24, 2.45) is 0 Å². The molecule has 0 spiro atoms. The smallest absolute Gasteiger partial charge is 0.333 e. The number of nitrogens with one attached hydrogen (secondary N) is 1. The summed E-state index contributed by atoms with van der Waals surface area (Å²) in [5.41, 5.74) is 1.84. The monoisotopic (exact) mass is 605 g/mol. The third-order valence-corrected chi connectivity index (χ3v) is 6.07. The van der Waals surface area contributed by atoms with Crippen LogP contribution in [0.25, 0.3) is 6.08 Å². The van der Waals surface area contributed by atoms with E-state index >= 15 is 0 Å². The van der Waals surface area contributed by atoms with E-state index in [1.54, 1.807) is 48.5 Å². The zero-order valence-electron chi connectivity index (χ0n) is 18.2. The number of hydrogen-bond acceptors (Lipinski definition) is 6. The second-order valence-electron chi connectivity index (χ2n) is 7.35. The Labute approximate surface area is 218 Å². The van der Waals surface area contributed by atoms with E-state index in [4.69, 9.17) is 21.1 Å². The van der Waals surface area contributed by atoms with Crippen LogP contribution in [0, 0.1) is 13.7 Å². The number of halogens is 2. The number of urea groups is 1. The molecule has 0 aromatic heterocycles. The lowest BCUT2D eigenvalue weighted by Gasteiger charge is -2.14. The molecule has 0 saturated carbocycles. The van der Waals surface area contributed by atoms with Gasteiger partial charge in [0.15, 0.2) is 11.5 Å². The highest BCUT2D eigenvalue weighted by molar-refractivity contribution is 14.1. The Hall–Kier alpha value is -3.64. The third kappa shape index (κ3) is 5.38. The molecule has 1 saturated heterocycles.